The zero-order valence-corrected chi connectivity index (χ0v) is 9.88. The summed E-state index contributed by atoms with van der Waals surface area (Å²) in [5.74, 6) is 0.118. The van der Waals surface area contributed by atoms with Gasteiger partial charge in [-0.3, -0.25) is 4.79 Å². The zero-order chi connectivity index (χ0) is 13.1. The van der Waals surface area contributed by atoms with Crippen molar-refractivity contribution >= 4 is 11.6 Å². The number of amides is 1. The SMILES string of the molecule is COc1ccc(-c2ccc(N)c(C(N)=O)n2)cc1. The van der Waals surface area contributed by atoms with Crippen LogP contribution in [-0.2, 0) is 0 Å². The van der Waals surface area contributed by atoms with Gasteiger partial charge < -0.3 is 16.2 Å². The molecular formula is C13H13N3O2. The highest BCUT2D eigenvalue weighted by molar-refractivity contribution is 5.96. The van der Waals surface area contributed by atoms with Crippen molar-refractivity contribution in [1.82, 2.24) is 4.98 Å². The summed E-state index contributed by atoms with van der Waals surface area (Å²) in [5, 5.41) is 0. The molecule has 0 saturated carbocycles. The van der Waals surface area contributed by atoms with Crippen molar-refractivity contribution in [3.63, 3.8) is 0 Å². The number of carbonyl (C=O) groups excluding carboxylic acids is 1. The molecule has 5 nitrogen and oxygen atoms in total. The molecule has 0 aliphatic heterocycles. The quantitative estimate of drug-likeness (QED) is 0.853. The molecule has 92 valence electrons. The van der Waals surface area contributed by atoms with E-state index >= 15 is 0 Å². The second-order valence-corrected chi connectivity index (χ2v) is 3.73. The molecule has 1 aromatic heterocycles. The third-order valence-electron chi connectivity index (χ3n) is 2.55. The van der Waals surface area contributed by atoms with Gasteiger partial charge >= 0.3 is 0 Å². The van der Waals surface area contributed by atoms with Gasteiger partial charge in [0, 0.05) is 5.56 Å². The fraction of sp³-hybridized carbons (Fsp3) is 0.0769. The van der Waals surface area contributed by atoms with Crippen molar-refractivity contribution in [2.75, 3.05) is 12.8 Å². The van der Waals surface area contributed by atoms with Gasteiger partial charge in [-0.15, -0.1) is 0 Å². The number of hydrogen-bond donors (Lipinski definition) is 2. The molecule has 0 spiro atoms. The number of hydrogen-bond acceptors (Lipinski definition) is 4. The molecular weight excluding hydrogens is 230 g/mol. The maximum Gasteiger partial charge on any atom is 0.269 e. The Morgan fingerprint density at radius 3 is 2.39 bits per heavy atom. The van der Waals surface area contributed by atoms with Crippen molar-refractivity contribution in [2.45, 2.75) is 0 Å². The molecule has 5 heteroatoms. The highest BCUT2D eigenvalue weighted by Gasteiger charge is 2.09. The lowest BCUT2D eigenvalue weighted by Crippen LogP contribution is -2.15. The normalized spacial score (nSPS) is 10.1. The number of aromatic nitrogens is 1. The lowest BCUT2D eigenvalue weighted by molar-refractivity contribution is 0.0996. The number of pyridine rings is 1. The van der Waals surface area contributed by atoms with Crippen molar-refractivity contribution < 1.29 is 9.53 Å². The van der Waals surface area contributed by atoms with Gasteiger partial charge in [-0.1, -0.05) is 0 Å². The van der Waals surface area contributed by atoms with Crippen LogP contribution in [0.2, 0.25) is 0 Å². The van der Waals surface area contributed by atoms with E-state index in [9.17, 15) is 4.79 Å². The lowest BCUT2D eigenvalue weighted by Gasteiger charge is -2.06. The van der Waals surface area contributed by atoms with Crippen molar-refractivity contribution in [3.8, 4) is 17.0 Å². The molecule has 1 amide bonds. The minimum atomic E-state index is -0.636. The summed E-state index contributed by atoms with van der Waals surface area (Å²) in [5.41, 5.74) is 12.7. The average molecular weight is 243 g/mol. The van der Waals surface area contributed by atoms with Crippen LogP contribution in [0.25, 0.3) is 11.3 Å². The van der Waals surface area contributed by atoms with Crippen LogP contribution >= 0.6 is 0 Å². The van der Waals surface area contributed by atoms with Crippen LogP contribution in [0.3, 0.4) is 0 Å². The summed E-state index contributed by atoms with van der Waals surface area (Å²) in [4.78, 5) is 15.3. The van der Waals surface area contributed by atoms with Gasteiger partial charge in [-0.25, -0.2) is 4.98 Å². The third-order valence-corrected chi connectivity index (χ3v) is 2.55. The molecule has 0 unspecified atom stereocenters. The van der Waals surface area contributed by atoms with Crippen molar-refractivity contribution in [3.05, 3.63) is 42.1 Å². The van der Waals surface area contributed by atoms with Crippen molar-refractivity contribution in [2.24, 2.45) is 5.73 Å². The summed E-state index contributed by atoms with van der Waals surface area (Å²) in [6, 6.07) is 10.7. The number of rotatable bonds is 3. The van der Waals surface area contributed by atoms with Crippen LogP contribution in [0.1, 0.15) is 10.5 Å². The molecule has 0 fully saturated rings. The molecule has 0 radical (unpaired) electrons. The maximum atomic E-state index is 11.2. The fourth-order valence-electron chi connectivity index (χ4n) is 1.59. The first-order valence-electron chi connectivity index (χ1n) is 5.32. The predicted octanol–water partition coefficient (Wildman–Crippen LogP) is 1.44. The molecule has 0 atom stereocenters. The van der Waals surface area contributed by atoms with Crippen LogP contribution in [0.5, 0.6) is 5.75 Å². The van der Waals surface area contributed by atoms with Crippen LogP contribution in [-0.4, -0.2) is 18.0 Å². The second kappa shape index (κ2) is 4.75. The molecule has 0 aliphatic carbocycles. The molecule has 18 heavy (non-hydrogen) atoms. The summed E-state index contributed by atoms with van der Waals surface area (Å²) >= 11 is 0. The lowest BCUT2D eigenvalue weighted by atomic mass is 10.1. The van der Waals surface area contributed by atoms with E-state index < -0.39 is 5.91 Å². The number of nitrogens with zero attached hydrogens (tertiary/aromatic N) is 1. The first-order valence-corrected chi connectivity index (χ1v) is 5.32. The molecule has 1 aromatic carbocycles. The smallest absolute Gasteiger partial charge is 0.269 e. The number of nitrogen functional groups attached to an aromatic ring is 1. The molecule has 0 bridgehead atoms. The standard InChI is InChI=1S/C13H13N3O2/c1-18-9-4-2-8(3-5-9)11-7-6-10(14)12(16-11)13(15)17/h2-7H,14H2,1H3,(H2,15,17). The number of ether oxygens (including phenoxy) is 1. The Hall–Kier alpha value is -2.56. The largest absolute Gasteiger partial charge is 0.497 e. The molecule has 0 aliphatic rings. The number of nitrogens with two attached hydrogens (primary N) is 2. The van der Waals surface area contributed by atoms with E-state index in [0.717, 1.165) is 11.3 Å². The molecule has 2 rings (SSSR count). The van der Waals surface area contributed by atoms with Gasteiger partial charge in [0.05, 0.1) is 18.5 Å². The monoisotopic (exact) mass is 243 g/mol. The van der Waals surface area contributed by atoms with E-state index in [0.29, 0.717) is 5.69 Å². The molecule has 1 heterocycles. The van der Waals surface area contributed by atoms with E-state index in [-0.39, 0.29) is 11.4 Å². The van der Waals surface area contributed by atoms with Crippen LogP contribution in [0, 0.1) is 0 Å². The second-order valence-electron chi connectivity index (χ2n) is 3.73. The first-order chi connectivity index (χ1) is 8.61. The maximum absolute atomic E-state index is 11.2. The van der Waals surface area contributed by atoms with Gasteiger partial charge in [0.25, 0.3) is 5.91 Å². The van der Waals surface area contributed by atoms with Gasteiger partial charge in [0.1, 0.15) is 5.75 Å². The highest BCUT2D eigenvalue weighted by atomic mass is 16.5. The summed E-state index contributed by atoms with van der Waals surface area (Å²) < 4.78 is 5.07. The van der Waals surface area contributed by atoms with Gasteiger partial charge in [0.15, 0.2) is 5.69 Å². The fourth-order valence-corrected chi connectivity index (χ4v) is 1.59. The Morgan fingerprint density at radius 2 is 1.83 bits per heavy atom. The Balaban J connectivity index is 2.44. The van der Waals surface area contributed by atoms with E-state index in [1.165, 1.54) is 0 Å². The van der Waals surface area contributed by atoms with Crippen molar-refractivity contribution in [1.29, 1.82) is 0 Å². The average Bonchev–Trinajstić information content (AvgIpc) is 2.39. The Kier molecular flexibility index (Phi) is 3.14. The van der Waals surface area contributed by atoms with E-state index in [4.69, 9.17) is 16.2 Å². The number of anilines is 1. The van der Waals surface area contributed by atoms with E-state index in [2.05, 4.69) is 4.98 Å². The van der Waals surface area contributed by atoms with Gasteiger partial charge in [-0.05, 0) is 36.4 Å². The Bertz CT molecular complexity index is 579. The number of benzene rings is 1. The van der Waals surface area contributed by atoms with E-state index in [1.807, 2.05) is 24.3 Å². The predicted molar refractivity (Wildman–Crippen MR) is 69.2 cm³/mol. The minimum absolute atomic E-state index is 0.0864. The first kappa shape index (κ1) is 11.9. The Morgan fingerprint density at radius 1 is 1.17 bits per heavy atom. The Labute approximate surface area is 104 Å². The molecule has 0 saturated heterocycles. The summed E-state index contributed by atoms with van der Waals surface area (Å²) in [6.07, 6.45) is 0. The third kappa shape index (κ3) is 2.24. The summed E-state index contributed by atoms with van der Waals surface area (Å²) in [6.45, 7) is 0. The van der Waals surface area contributed by atoms with Crippen LogP contribution < -0.4 is 16.2 Å². The van der Waals surface area contributed by atoms with Crippen LogP contribution in [0.15, 0.2) is 36.4 Å². The summed E-state index contributed by atoms with van der Waals surface area (Å²) in [7, 11) is 1.60. The number of methoxy groups -OCH3 is 1. The number of carbonyl (C=O) groups is 1. The number of primary amides is 1. The van der Waals surface area contributed by atoms with Gasteiger partial charge in [0.2, 0.25) is 0 Å². The molecule has 2 aromatic rings. The highest BCUT2D eigenvalue weighted by Crippen LogP contribution is 2.22. The van der Waals surface area contributed by atoms with Crippen LogP contribution in [0.4, 0.5) is 5.69 Å². The minimum Gasteiger partial charge on any atom is -0.497 e. The topological polar surface area (TPSA) is 91.2 Å². The van der Waals surface area contributed by atoms with E-state index in [1.54, 1.807) is 19.2 Å². The molecule has 4 N–H and O–H groups in total. The zero-order valence-electron chi connectivity index (χ0n) is 9.88. The van der Waals surface area contributed by atoms with Gasteiger partial charge in [-0.2, -0.15) is 0 Å².